The van der Waals surface area contributed by atoms with Gasteiger partial charge in [-0.2, -0.15) is 0 Å². The van der Waals surface area contributed by atoms with Gasteiger partial charge in [-0.25, -0.2) is 4.79 Å². The molecule has 2 heterocycles. The number of thioether (sulfide) groups is 1. The number of hydrogen-bond acceptors (Lipinski definition) is 6. The lowest BCUT2D eigenvalue weighted by Crippen LogP contribution is -2.44. The molecule has 1 aromatic heterocycles. The summed E-state index contributed by atoms with van der Waals surface area (Å²) in [6, 6.07) is 13.6. The molecule has 1 aliphatic heterocycles. The molecule has 1 saturated heterocycles. The Morgan fingerprint density at radius 1 is 1.20 bits per heavy atom. The van der Waals surface area contributed by atoms with Gasteiger partial charge in [0.15, 0.2) is 5.58 Å². The molecule has 0 saturated carbocycles. The molecule has 4 rings (SSSR count). The summed E-state index contributed by atoms with van der Waals surface area (Å²) >= 11 is 1.53. The number of nitrogens with zero attached hydrogens (tertiary/aromatic N) is 2. The van der Waals surface area contributed by atoms with Crippen molar-refractivity contribution in [3.63, 3.8) is 0 Å². The number of hydrogen-bond donors (Lipinski definition) is 1. The van der Waals surface area contributed by atoms with Gasteiger partial charge in [0.05, 0.1) is 18.5 Å². The summed E-state index contributed by atoms with van der Waals surface area (Å²) < 4.78 is 11.8. The second kappa shape index (κ2) is 8.66. The molecule has 156 valence electrons. The van der Waals surface area contributed by atoms with Crippen LogP contribution in [0.15, 0.2) is 57.7 Å². The zero-order valence-electron chi connectivity index (χ0n) is 16.4. The Labute approximate surface area is 176 Å². The van der Waals surface area contributed by atoms with Crippen LogP contribution in [0.1, 0.15) is 6.42 Å². The molecule has 8 nitrogen and oxygen atoms in total. The average molecular weight is 427 g/mol. The van der Waals surface area contributed by atoms with Crippen molar-refractivity contribution in [2.24, 2.45) is 0 Å². The number of ether oxygens (including phenoxy) is 1. The smallest absolute Gasteiger partial charge is 0.419 e. The van der Waals surface area contributed by atoms with Gasteiger partial charge in [0.2, 0.25) is 11.8 Å². The molecule has 1 atom stereocenters. The Morgan fingerprint density at radius 2 is 1.97 bits per heavy atom. The number of carbonyl (C=O) groups excluding carboxylic acids is 2. The number of nitrogens with one attached hydrogen (secondary N) is 1. The van der Waals surface area contributed by atoms with Gasteiger partial charge in [-0.15, -0.1) is 11.8 Å². The molecule has 1 N–H and O–H groups in total. The van der Waals surface area contributed by atoms with Crippen LogP contribution in [0.25, 0.3) is 11.1 Å². The van der Waals surface area contributed by atoms with E-state index in [4.69, 9.17) is 9.15 Å². The number of aromatic nitrogens is 1. The summed E-state index contributed by atoms with van der Waals surface area (Å²) in [6.07, 6.45) is 0.107. The highest BCUT2D eigenvalue weighted by molar-refractivity contribution is 7.99. The first kappa shape index (κ1) is 20.1. The summed E-state index contributed by atoms with van der Waals surface area (Å²) in [7, 11) is 1.58. The number of methoxy groups -OCH3 is 1. The van der Waals surface area contributed by atoms with Crippen LogP contribution >= 0.6 is 11.8 Å². The van der Waals surface area contributed by atoms with Crippen LogP contribution in [0.4, 0.5) is 5.69 Å². The number of oxazole rings is 1. The summed E-state index contributed by atoms with van der Waals surface area (Å²) in [5.41, 5.74) is 1.78. The SMILES string of the molecule is COc1ccc(NC(=O)C2CSCN2C(=O)CCn2c(=O)oc3ccccc32)cc1. The molecule has 1 unspecified atom stereocenters. The Morgan fingerprint density at radius 3 is 2.73 bits per heavy atom. The predicted octanol–water partition coefficient (Wildman–Crippen LogP) is 2.53. The second-order valence-corrected chi connectivity index (χ2v) is 7.83. The first-order chi connectivity index (χ1) is 14.6. The lowest BCUT2D eigenvalue weighted by atomic mass is 10.2. The number of fused-ring (bicyclic) bond motifs is 1. The number of anilines is 1. The fourth-order valence-corrected chi connectivity index (χ4v) is 4.56. The van der Waals surface area contributed by atoms with Crippen LogP contribution in [0, 0.1) is 0 Å². The molecule has 9 heteroatoms. The fraction of sp³-hybridized carbons (Fsp3) is 0.286. The Bertz CT molecular complexity index is 1120. The van der Waals surface area contributed by atoms with Crippen LogP contribution < -0.4 is 15.8 Å². The van der Waals surface area contributed by atoms with E-state index in [-0.39, 0.29) is 24.8 Å². The van der Waals surface area contributed by atoms with Gasteiger partial charge in [-0.05, 0) is 36.4 Å². The van der Waals surface area contributed by atoms with Gasteiger partial charge in [0.25, 0.3) is 0 Å². The number of benzene rings is 2. The van der Waals surface area contributed by atoms with Gasteiger partial charge in [0, 0.05) is 24.4 Å². The van der Waals surface area contributed by atoms with Crippen LogP contribution in [-0.2, 0) is 16.1 Å². The summed E-state index contributed by atoms with van der Waals surface area (Å²) in [6.45, 7) is 0.197. The number of amides is 2. The zero-order valence-corrected chi connectivity index (χ0v) is 17.2. The molecule has 1 fully saturated rings. The van der Waals surface area contributed by atoms with Gasteiger partial charge in [-0.1, -0.05) is 12.1 Å². The van der Waals surface area contributed by atoms with Gasteiger partial charge >= 0.3 is 5.76 Å². The van der Waals surface area contributed by atoms with Gasteiger partial charge < -0.3 is 19.4 Å². The van der Waals surface area contributed by atoms with Crippen molar-refractivity contribution in [3.05, 3.63) is 59.1 Å². The minimum atomic E-state index is -0.553. The Hall–Kier alpha value is -3.20. The first-order valence-electron chi connectivity index (χ1n) is 9.47. The minimum absolute atomic E-state index is 0.107. The third-order valence-corrected chi connectivity index (χ3v) is 6.00. The highest BCUT2D eigenvalue weighted by atomic mass is 32.2. The normalized spacial score (nSPS) is 16.0. The lowest BCUT2D eigenvalue weighted by molar-refractivity contribution is -0.136. The molecule has 30 heavy (non-hydrogen) atoms. The lowest BCUT2D eigenvalue weighted by Gasteiger charge is -2.23. The maximum Gasteiger partial charge on any atom is 0.419 e. The molecule has 2 amide bonds. The van der Waals surface area contributed by atoms with E-state index in [1.54, 1.807) is 54.5 Å². The van der Waals surface area contributed by atoms with Crippen molar-refractivity contribution in [2.75, 3.05) is 24.1 Å². The van der Waals surface area contributed by atoms with Crippen molar-refractivity contribution in [3.8, 4) is 5.75 Å². The zero-order chi connectivity index (χ0) is 21.1. The van der Waals surface area contributed by atoms with Crippen LogP contribution in [0.5, 0.6) is 5.75 Å². The molecule has 3 aromatic rings. The van der Waals surface area contributed by atoms with E-state index in [9.17, 15) is 14.4 Å². The maximum absolute atomic E-state index is 12.8. The van der Waals surface area contributed by atoms with Gasteiger partial charge in [0.1, 0.15) is 11.8 Å². The molecule has 0 spiro atoms. The standard InChI is InChI=1S/C21H21N3O5S/c1-28-15-8-6-14(7-9-15)22-20(26)17-12-30-13-24(17)19(25)10-11-23-16-4-2-3-5-18(16)29-21(23)27/h2-9,17H,10-13H2,1H3,(H,22,26). The number of carbonyl (C=O) groups is 2. The Balaban J connectivity index is 1.40. The highest BCUT2D eigenvalue weighted by Gasteiger charge is 2.34. The van der Waals surface area contributed by atoms with Crippen LogP contribution in [0.2, 0.25) is 0 Å². The van der Waals surface area contributed by atoms with Crippen LogP contribution in [0.3, 0.4) is 0 Å². The quantitative estimate of drug-likeness (QED) is 0.650. The third kappa shape index (κ3) is 4.06. The first-order valence-corrected chi connectivity index (χ1v) is 10.6. The summed E-state index contributed by atoms with van der Waals surface area (Å²) in [4.78, 5) is 39.2. The summed E-state index contributed by atoms with van der Waals surface area (Å²) in [5, 5.41) is 2.85. The number of aryl methyl sites for hydroxylation is 1. The van der Waals surface area contributed by atoms with Crippen LogP contribution in [-0.4, -0.2) is 46.1 Å². The van der Waals surface area contributed by atoms with E-state index in [0.717, 1.165) is 0 Å². The summed E-state index contributed by atoms with van der Waals surface area (Å²) in [5.74, 6) is 0.774. The highest BCUT2D eigenvalue weighted by Crippen LogP contribution is 2.24. The van der Waals surface area contributed by atoms with Crippen molar-refractivity contribution >= 4 is 40.4 Å². The van der Waals surface area contributed by atoms with Crippen molar-refractivity contribution < 1.29 is 18.7 Å². The van der Waals surface area contributed by atoms with Crippen molar-refractivity contribution in [1.82, 2.24) is 9.47 Å². The van der Waals surface area contributed by atoms with E-state index >= 15 is 0 Å². The Kier molecular flexibility index (Phi) is 5.80. The molecule has 0 bridgehead atoms. The molecule has 0 radical (unpaired) electrons. The molecular formula is C21H21N3O5S. The third-order valence-electron chi connectivity index (χ3n) is 4.99. The monoisotopic (exact) mass is 427 g/mol. The average Bonchev–Trinajstić information content (AvgIpc) is 3.37. The van der Waals surface area contributed by atoms with E-state index in [1.807, 2.05) is 6.07 Å². The second-order valence-electron chi connectivity index (χ2n) is 6.83. The number of para-hydroxylation sites is 2. The fourth-order valence-electron chi connectivity index (χ4n) is 3.38. The molecule has 0 aliphatic carbocycles. The topological polar surface area (TPSA) is 93.8 Å². The maximum atomic E-state index is 12.8. The predicted molar refractivity (Wildman–Crippen MR) is 115 cm³/mol. The molecule has 2 aromatic carbocycles. The molecule has 1 aliphatic rings. The molecular weight excluding hydrogens is 406 g/mol. The largest absolute Gasteiger partial charge is 0.497 e. The minimum Gasteiger partial charge on any atom is -0.497 e. The van der Waals surface area contributed by atoms with E-state index in [2.05, 4.69) is 5.32 Å². The van der Waals surface area contributed by atoms with E-state index in [0.29, 0.717) is 34.2 Å². The van der Waals surface area contributed by atoms with Crippen molar-refractivity contribution in [1.29, 1.82) is 0 Å². The van der Waals surface area contributed by atoms with E-state index in [1.165, 1.54) is 16.3 Å². The number of rotatable bonds is 6. The van der Waals surface area contributed by atoms with E-state index < -0.39 is 11.8 Å². The van der Waals surface area contributed by atoms with Crippen molar-refractivity contribution in [2.45, 2.75) is 19.0 Å². The van der Waals surface area contributed by atoms with Gasteiger partial charge in [-0.3, -0.25) is 14.2 Å².